The van der Waals surface area contributed by atoms with Gasteiger partial charge in [-0.3, -0.25) is 4.90 Å². The van der Waals surface area contributed by atoms with Crippen molar-refractivity contribution in [2.45, 2.75) is 38.3 Å². The van der Waals surface area contributed by atoms with Gasteiger partial charge in [0, 0.05) is 19.1 Å². The van der Waals surface area contributed by atoms with Gasteiger partial charge >= 0.3 is 0 Å². The maximum Gasteiger partial charge on any atom is 0.0236 e. The molecule has 18 heavy (non-hydrogen) atoms. The summed E-state index contributed by atoms with van der Waals surface area (Å²) in [5, 5.41) is 0. The van der Waals surface area contributed by atoms with Crippen LogP contribution in [0, 0.1) is 11.8 Å². The predicted molar refractivity (Wildman–Crippen MR) is 75.1 cm³/mol. The van der Waals surface area contributed by atoms with Crippen molar-refractivity contribution in [1.82, 2.24) is 4.90 Å². The first-order valence-electron chi connectivity index (χ1n) is 7.36. The van der Waals surface area contributed by atoms with Gasteiger partial charge in [-0.05, 0) is 49.6 Å². The number of fused-ring (bicyclic) bond motifs is 2. The molecule has 98 valence electrons. The smallest absolute Gasteiger partial charge is 0.0236 e. The van der Waals surface area contributed by atoms with Crippen molar-refractivity contribution in [3.8, 4) is 0 Å². The highest BCUT2D eigenvalue weighted by atomic mass is 15.2. The van der Waals surface area contributed by atoms with Crippen molar-refractivity contribution in [3.05, 3.63) is 35.9 Å². The monoisotopic (exact) mass is 244 g/mol. The first-order chi connectivity index (χ1) is 8.88. The highest BCUT2D eigenvalue weighted by Gasteiger charge is 2.45. The lowest BCUT2D eigenvalue weighted by molar-refractivity contribution is 0.196. The van der Waals surface area contributed by atoms with Crippen LogP contribution in [0.25, 0.3) is 0 Å². The molecule has 2 aliphatic rings. The molecule has 2 N–H and O–H groups in total. The van der Waals surface area contributed by atoms with E-state index in [1.54, 1.807) is 0 Å². The van der Waals surface area contributed by atoms with Crippen molar-refractivity contribution < 1.29 is 0 Å². The lowest BCUT2D eigenvalue weighted by Crippen LogP contribution is -2.32. The van der Waals surface area contributed by atoms with Gasteiger partial charge in [0.05, 0.1) is 0 Å². The number of piperidine rings is 1. The van der Waals surface area contributed by atoms with Gasteiger partial charge in [0.1, 0.15) is 0 Å². The Morgan fingerprint density at radius 2 is 2.00 bits per heavy atom. The summed E-state index contributed by atoms with van der Waals surface area (Å²) in [6, 6.07) is 11.7. The fourth-order valence-corrected chi connectivity index (χ4v) is 4.03. The molecule has 2 bridgehead atoms. The van der Waals surface area contributed by atoms with Crippen LogP contribution in [0.15, 0.2) is 30.3 Å². The van der Waals surface area contributed by atoms with Gasteiger partial charge in [0.25, 0.3) is 0 Å². The van der Waals surface area contributed by atoms with Crippen molar-refractivity contribution in [2.75, 3.05) is 13.1 Å². The number of nitrogens with zero attached hydrogens (tertiary/aromatic N) is 1. The molecule has 1 aromatic carbocycles. The van der Waals surface area contributed by atoms with E-state index in [-0.39, 0.29) is 0 Å². The Kier molecular flexibility index (Phi) is 3.67. The summed E-state index contributed by atoms with van der Waals surface area (Å²) in [6.45, 7) is 3.31. The number of rotatable bonds is 5. The number of benzene rings is 1. The van der Waals surface area contributed by atoms with E-state index < -0.39 is 0 Å². The van der Waals surface area contributed by atoms with Crippen LogP contribution >= 0.6 is 0 Å². The Morgan fingerprint density at radius 3 is 2.78 bits per heavy atom. The van der Waals surface area contributed by atoms with Crippen molar-refractivity contribution in [3.63, 3.8) is 0 Å². The minimum Gasteiger partial charge on any atom is -0.330 e. The highest BCUT2D eigenvalue weighted by Crippen LogP contribution is 2.45. The standard InChI is InChI=1S/C16H24N2/c17-10-4-7-15-14-8-9-16(15)18(12-14)11-13-5-2-1-3-6-13/h1-3,5-6,14-16H,4,7-12,17H2. The summed E-state index contributed by atoms with van der Waals surface area (Å²) < 4.78 is 0. The van der Waals surface area contributed by atoms with Gasteiger partial charge in [-0.25, -0.2) is 0 Å². The third-order valence-electron chi connectivity index (χ3n) is 4.84. The van der Waals surface area contributed by atoms with Gasteiger partial charge in [-0.2, -0.15) is 0 Å². The zero-order valence-electron chi connectivity index (χ0n) is 11.1. The molecule has 2 fully saturated rings. The average Bonchev–Trinajstić information content (AvgIpc) is 2.94. The zero-order chi connectivity index (χ0) is 12.4. The van der Waals surface area contributed by atoms with E-state index in [1.165, 1.54) is 37.8 Å². The first kappa shape index (κ1) is 12.2. The molecule has 0 spiro atoms. The maximum absolute atomic E-state index is 5.66. The lowest BCUT2D eigenvalue weighted by Gasteiger charge is -2.27. The molecular weight excluding hydrogens is 220 g/mol. The summed E-state index contributed by atoms with van der Waals surface area (Å²) in [7, 11) is 0. The molecule has 0 amide bonds. The van der Waals surface area contributed by atoms with Crippen LogP contribution in [0.3, 0.4) is 0 Å². The summed E-state index contributed by atoms with van der Waals surface area (Å²) in [6.07, 6.45) is 5.41. The molecule has 1 saturated carbocycles. The second kappa shape index (κ2) is 5.41. The Balaban J connectivity index is 1.62. The number of hydrogen-bond acceptors (Lipinski definition) is 2. The molecule has 1 heterocycles. The summed E-state index contributed by atoms with van der Waals surface area (Å²) >= 11 is 0. The Labute approximate surface area is 110 Å². The minimum atomic E-state index is 0.835. The van der Waals surface area contributed by atoms with E-state index >= 15 is 0 Å². The fraction of sp³-hybridized carbons (Fsp3) is 0.625. The first-order valence-corrected chi connectivity index (χ1v) is 7.36. The summed E-state index contributed by atoms with van der Waals surface area (Å²) in [5.74, 6) is 1.88. The SMILES string of the molecule is NCCCC1C2CCC1N(Cc1ccccc1)C2. The van der Waals surface area contributed by atoms with Crippen LogP contribution in [0.1, 0.15) is 31.2 Å². The second-order valence-electron chi connectivity index (χ2n) is 5.91. The number of likely N-dealkylation sites (tertiary alicyclic amines) is 1. The maximum atomic E-state index is 5.66. The lowest BCUT2D eigenvalue weighted by atomic mass is 9.93. The average molecular weight is 244 g/mol. The molecule has 2 heteroatoms. The topological polar surface area (TPSA) is 29.3 Å². The molecule has 1 aliphatic heterocycles. The van der Waals surface area contributed by atoms with Gasteiger partial charge < -0.3 is 5.73 Å². The van der Waals surface area contributed by atoms with Gasteiger partial charge in [-0.15, -0.1) is 0 Å². The largest absolute Gasteiger partial charge is 0.330 e. The van der Waals surface area contributed by atoms with E-state index in [9.17, 15) is 0 Å². The molecule has 0 aromatic heterocycles. The summed E-state index contributed by atoms with van der Waals surface area (Å²) in [4.78, 5) is 2.71. The van der Waals surface area contributed by atoms with Gasteiger partial charge in [0.2, 0.25) is 0 Å². The molecule has 3 unspecified atom stereocenters. The van der Waals surface area contributed by atoms with Crippen LogP contribution in [0.2, 0.25) is 0 Å². The number of nitrogens with two attached hydrogens (primary N) is 1. The van der Waals surface area contributed by atoms with Gasteiger partial charge in [0.15, 0.2) is 0 Å². The molecule has 1 saturated heterocycles. The van der Waals surface area contributed by atoms with Crippen LogP contribution in [-0.2, 0) is 6.54 Å². The van der Waals surface area contributed by atoms with Crippen LogP contribution in [0.4, 0.5) is 0 Å². The third-order valence-corrected chi connectivity index (χ3v) is 4.84. The van der Waals surface area contributed by atoms with Crippen LogP contribution in [0.5, 0.6) is 0 Å². The van der Waals surface area contributed by atoms with E-state index in [1.807, 2.05) is 0 Å². The minimum absolute atomic E-state index is 0.835. The second-order valence-corrected chi connectivity index (χ2v) is 5.91. The fourth-order valence-electron chi connectivity index (χ4n) is 4.03. The molecule has 3 rings (SSSR count). The van der Waals surface area contributed by atoms with Crippen LogP contribution < -0.4 is 5.73 Å². The Hall–Kier alpha value is -0.860. The van der Waals surface area contributed by atoms with E-state index in [0.29, 0.717) is 0 Å². The summed E-state index contributed by atoms with van der Waals surface area (Å²) in [5.41, 5.74) is 7.12. The van der Waals surface area contributed by atoms with Gasteiger partial charge in [-0.1, -0.05) is 30.3 Å². The van der Waals surface area contributed by atoms with Crippen molar-refractivity contribution in [2.24, 2.45) is 17.6 Å². The molecular formula is C16H24N2. The highest BCUT2D eigenvalue weighted by molar-refractivity contribution is 5.15. The Morgan fingerprint density at radius 1 is 1.17 bits per heavy atom. The molecule has 3 atom stereocenters. The molecule has 1 aliphatic carbocycles. The predicted octanol–water partition coefficient (Wildman–Crippen LogP) is 2.64. The van der Waals surface area contributed by atoms with Crippen LogP contribution in [-0.4, -0.2) is 24.0 Å². The van der Waals surface area contributed by atoms with E-state index in [2.05, 4.69) is 35.2 Å². The molecule has 0 radical (unpaired) electrons. The Bertz CT molecular complexity index is 376. The quantitative estimate of drug-likeness (QED) is 0.862. The zero-order valence-corrected chi connectivity index (χ0v) is 11.1. The van der Waals surface area contributed by atoms with Crippen molar-refractivity contribution >= 4 is 0 Å². The van der Waals surface area contributed by atoms with Crippen molar-refractivity contribution in [1.29, 1.82) is 0 Å². The molecule has 1 aromatic rings. The number of hydrogen-bond donors (Lipinski definition) is 1. The molecule has 2 nitrogen and oxygen atoms in total. The normalized spacial score (nSPS) is 31.1. The van der Waals surface area contributed by atoms with E-state index in [4.69, 9.17) is 5.73 Å². The van der Waals surface area contributed by atoms with E-state index in [0.717, 1.165) is 31.0 Å². The third kappa shape index (κ3) is 2.32.